The molecule has 1 atom stereocenters. The van der Waals surface area contributed by atoms with Crippen LogP contribution in [0.2, 0.25) is 0 Å². The van der Waals surface area contributed by atoms with Crippen molar-refractivity contribution in [2.24, 2.45) is 7.05 Å². The zero-order valence-electron chi connectivity index (χ0n) is 27.3. The molecule has 0 aliphatic carbocycles. The highest BCUT2D eigenvalue weighted by atomic mass is 16.3. The Bertz CT molecular complexity index is 1300. The molecule has 2 aromatic rings. The Morgan fingerprint density at radius 1 is 1.52 bits per heavy atom. The predicted molar refractivity (Wildman–Crippen MR) is 89.7 cm³/mol. The minimum Gasteiger partial charge on any atom is -0.390 e. The van der Waals surface area contributed by atoms with E-state index in [1.54, 1.807) is 0 Å². The van der Waals surface area contributed by atoms with Gasteiger partial charge in [-0.25, -0.2) is 9.78 Å². The smallest absolute Gasteiger partial charge is 0.332 e. The third-order valence-electron chi connectivity index (χ3n) is 3.15. The van der Waals surface area contributed by atoms with E-state index >= 15 is 0 Å². The van der Waals surface area contributed by atoms with E-state index in [1.165, 1.54) is 0 Å². The normalized spacial score (nSPS) is 27.5. The molecule has 1 unspecified atom stereocenters. The predicted octanol–water partition coefficient (Wildman–Crippen LogP) is 1.25. The number of fused-ring (bicyclic) bond motifs is 1. The number of aliphatic hydroxyl groups is 1. The van der Waals surface area contributed by atoms with Gasteiger partial charge in [-0.2, -0.15) is 0 Å². The highest BCUT2D eigenvalue weighted by Crippen LogP contribution is 2.12. The van der Waals surface area contributed by atoms with Crippen LogP contribution < -0.4 is 11.2 Å². The van der Waals surface area contributed by atoms with E-state index in [0.717, 1.165) is 11.6 Å². The van der Waals surface area contributed by atoms with Crippen molar-refractivity contribution < 1.29 is 25.7 Å². The first-order chi connectivity index (χ1) is 16.7. The lowest BCUT2D eigenvalue weighted by Gasteiger charge is -2.16. The summed E-state index contributed by atoms with van der Waals surface area (Å²) in [6.45, 7) is -14.8. The minimum absolute atomic E-state index is 0.342. The Hall–Kier alpha value is -1.89. The van der Waals surface area contributed by atoms with E-state index in [9.17, 15) is 14.7 Å². The molecule has 0 aliphatic heterocycles. The lowest BCUT2D eigenvalue weighted by atomic mass is 10.0. The van der Waals surface area contributed by atoms with Gasteiger partial charge in [-0.1, -0.05) is 6.85 Å². The summed E-state index contributed by atoms with van der Waals surface area (Å²) in [6, 6.07) is 0. The number of imidazole rings is 1. The van der Waals surface area contributed by atoms with Crippen LogP contribution in [0.25, 0.3) is 11.2 Å². The first-order valence-electron chi connectivity index (χ1n) is 14.1. The van der Waals surface area contributed by atoms with Crippen LogP contribution in [-0.2, 0) is 20.1 Å². The van der Waals surface area contributed by atoms with E-state index < -0.39 is 87.2 Å². The number of aromatic nitrogens is 4. The summed E-state index contributed by atoms with van der Waals surface area (Å²) in [6.07, 6.45) is -7.60. The Morgan fingerprint density at radius 2 is 2.35 bits per heavy atom. The summed E-state index contributed by atoms with van der Waals surface area (Å²) >= 11 is 0. The lowest BCUT2D eigenvalue weighted by Crippen LogP contribution is -2.39. The van der Waals surface area contributed by atoms with Crippen molar-refractivity contribution in [1.29, 1.82) is 0 Å². The molecule has 128 valence electrons. The molecule has 0 saturated heterocycles. The molecule has 0 fully saturated rings. The molecule has 0 amide bonds. The highest BCUT2D eigenvalue weighted by molar-refractivity contribution is 5.69. The van der Waals surface area contributed by atoms with Crippen LogP contribution in [0.4, 0.5) is 0 Å². The van der Waals surface area contributed by atoms with Crippen molar-refractivity contribution in [1.82, 2.24) is 18.7 Å². The maximum atomic E-state index is 13.2. The molecule has 2 heterocycles. The van der Waals surface area contributed by atoms with E-state index in [0.29, 0.717) is 15.5 Å². The van der Waals surface area contributed by atoms with Gasteiger partial charge >= 0.3 is 5.69 Å². The number of hydrogen-bond acceptors (Lipinski definition) is 4. The van der Waals surface area contributed by atoms with Crippen LogP contribution in [0.15, 0.2) is 15.9 Å². The number of nitrogens with zero attached hydrogens (tertiary/aromatic N) is 4. The fourth-order valence-corrected chi connectivity index (χ4v) is 2.12. The van der Waals surface area contributed by atoms with E-state index in [4.69, 9.17) is 20.6 Å². The molecular weight excluding hydrogens is 296 g/mol. The van der Waals surface area contributed by atoms with Crippen LogP contribution in [0.3, 0.4) is 0 Å². The Kier molecular flexibility index (Phi) is 1.81. The van der Waals surface area contributed by atoms with Crippen LogP contribution >= 0.6 is 0 Å². The van der Waals surface area contributed by atoms with E-state index in [1.807, 2.05) is 0 Å². The molecule has 23 heavy (non-hydrogen) atoms. The highest BCUT2D eigenvalue weighted by Gasteiger charge is 2.16. The van der Waals surface area contributed by atoms with Crippen molar-refractivity contribution in [2.45, 2.75) is 64.8 Å². The van der Waals surface area contributed by atoms with E-state index in [2.05, 4.69) is 4.98 Å². The molecule has 7 nitrogen and oxygen atoms in total. The van der Waals surface area contributed by atoms with Crippen molar-refractivity contribution in [3.8, 4) is 0 Å². The third-order valence-corrected chi connectivity index (χ3v) is 3.15. The minimum atomic E-state index is -3.79. The second kappa shape index (κ2) is 6.70. The largest absolute Gasteiger partial charge is 0.390 e. The van der Waals surface area contributed by atoms with Gasteiger partial charge < -0.3 is 9.67 Å². The second-order valence-electron chi connectivity index (χ2n) is 4.81. The molecule has 0 aliphatic rings. The van der Waals surface area contributed by atoms with Gasteiger partial charge in [-0.15, -0.1) is 0 Å². The van der Waals surface area contributed by atoms with Gasteiger partial charge in [0.25, 0.3) is 5.56 Å². The molecule has 0 aromatic carbocycles. The molecule has 0 saturated carbocycles. The standard InChI is InChI=1S/C16H26N4O3/c1-5-9-19-11-17-13-12(19)14(21)20(15(22)18(13)4)10-7-6-8-16(2,3)23/h11,23H,5-10H2,1-4H3/i1D3,2D3,3T3,5D2,8D2,9D2. The van der Waals surface area contributed by atoms with Gasteiger partial charge in [0.2, 0.25) is 0 Å². The molecule has 0 bridgehead atoms. The molecule has 7 heteroatoms. The summed E-state index contributed by atoms with van der Waals surface area (Å²) in [5.41, 5.74) is -7.16. The molecule has 2 aromatic heterocycles. The average molecular weight is 341 g/mol. The molecule has 1 N–H and O–H groups in total. The summed E-state index contributed by atoms with van der Waals surface area (Å²) in [7, 11) is 1.13. The van der Waals surface area contributed by atoms with Crippen molar-refractivity contribution in [3.63, 3.8) is 0 Å². The zero-order valence-corrected chi connectivity index (χ0v) is 12.3. The molecular formula is C16H26N4O3. The maximum Gasteiger partial charge on any atom is 0.332 e. The monoisotopic (exact) mass is 340 g/mol. The fraction of sp³-hybridized carbons (Fsp3) is 0.688. The van der Waals surface area contributed by atoms with E-state index in [-0.39, 0.29) is 0 Å². The summed E-state index contributed by atoms with van der Waals surface area (Å²) < 4.78 is 116. The third kappa shape index (κ3) is 3.72. The van der Waals surface area contributed by atoms with Crippen LogP contribution in [-0.4, -0.2) is 29.4 Å². The number of hydrogen-bond donors (Lipinski definition) is 1. The maximum absolute atomic E-state index is 13.2. The van der Waals surface area contributed by atoms with Gasteiger partial charge in [0.05, 0.1) is 11.9 Å². The first kappa shape index (κ1) is 6.20. The fourth-order valence-electron chi connectivity index (χ4n) is 2.12. The van der Waals surface area contributed by atoms with Crippen LogP contribution in [0.5, 0.6) is 0 Å². The quantitative estimate of drug-likeness (QED) is 0.822. The van der Waals surface area contributed by atoms with Gasteiger partial charge in [0, 0.05) is 40.7 Å². The summed E-state index contributed by atoms with van der Waals surface area (Å²) in [5.74, 6) is 0. The molecule has 2 rings (SSSR count). The first-order valence-corrected chi connectivity index (χ1v) is 6.58. The van der Waals surface area contributed by atoms with Crippen LogP contribution in [0.1, 0.15) is 66.7 Å². The SMILES string of the molecule is [2H]C([2H])([2H])C([2H])([2H])C([2H])([2H])n1cnc2c1c(=O)n(CCCC([2H])([2H])C(O)(C([2H])([2H])[2H])C([3H])([3H])[3H])c(=O)n2C. The number of aryl methyl sites for hydroxylation is 2. The van der Waals surface area contributed by atoms with Crippen LogP contribution in [0, 0.1) is 0 Å². The van der Waals surface area contributed by atoms with Gasteiger partial charge in [-0.3, -0.25) is 13.9 Å². The van der Waals surface area contributed by atoms with Gasteiger partial charge in [0.1, 0.15) is 0 Å². The topological polar surface area (TPSA) is 82.1 Å². The summed E-state index contributed by atoms with van der Waals surface area (Å²) in [5, 5.41) is 10.5. The Morgan fingerprint density at radius 3 is 3.04 bits per heavy atom. The lowest BCUT2D eigenvalue weighted by molar-refractivity contribution is 0.0678. The van der Waals surface area contributed by atoms with Gasteiger partial charge in [-0.05, 0) is 39.3 Å². The van der Waals surface area contributed by atoms with Crippen molar-refractivity contribution >= 4 is 11.2 Å². The average Bonchev–Trinajstić information content (AvgIpc) is 3.17. The summed E-state index contributed by atoms with van der Waals surface area (Å²) in [4.78, 5) is 29.8. The number of rotatable bonds is 7. The molecule has 0 spiro atoms. The molecule has 0 radical (unpaired) electrons. The Balaban J connectivity index is 2.60. The van der Waals surface area contributed by atoms with Crippen molar-refractivity contribution in [3.05, 3.63) is 27.2 Å². The van der Waals surface area contributed by atoms with Gasteiger partial charge in [0.15, 0.2) is 11.2 Å². The second-order valence-corrected chi connectivity index (χ2v) is 4.81. The Labute approximate surface area is 156 Å². The van der Waals surface area contributed by atoms with Crippen molar-refractivity contribution in [2.75, 3.05) is 0 Å². The zero-order chi connectivity index (χ0) is 30.1.